The monoisotopic (exact) mass is 414 g/mol. The Morgan fingerprint density at radius 1 is 0.818 bits per heavy atom. The van der Waals surface area contributed by atoms with Crippen LogP contribution in [0.2, 0.25) is 13.3 Å². The normalized spacial score (nSPS) is 13.3. The number of hydrogen-bond acceptors (Lipinski definition) is 0. The summed E-state index contributed by atoms with van der Waals surface area (Å²) in [5.74, 6) is -0.104. The summed E-state index contributed by atoms with van der Waals surface area (Å²) in [6.07, 6.45) is 8.13. The third kappa shape index (κ3) is 5.86. The molecule has 22 heavy (non-hydrogen) atoms. The van der Waals surface area contributed by atoms with Crippen LogP contribution in [-0.4, -0.2) is 18.4 Å². The van der Waals surface area contributed by atoms with E-state index >= 15 is 0 Å². The van der Waals surface area contributed by atoms with Crippen LogP contribution in [0.3, 0.4) is 0 Å². The summed E-state index contributed by atoms with van der Waals surface area (Å²) in [5.41, 5.74) is 1.40. The topological polar surface area (TPSA) is 0 Å². The Balaban J connectivity index is 3.03. The Hall–Kier alpha value is -0.0513. The van der Waals surface area contributed by atoms with Crippen molar-refractivity contribution in [2.75, 3.05) is 0 Å². The van der Waals surface area contributed by atoms with Gasteiger partial charge < -0.3 is 0 Å². The first-order valence-corrected chi connectivity index (χ1v) is 17.0. The zero-order valence-electron chi connectivity index (χ0n) is 15.1. The molecule has 1 unspecified atom stereocenters. The van der Waals surface area contributed by atoms with E-state index in [1.165, 1.54) is 57.4 Å². The maximum absolute atomic E-state index is 13.3. The van der Waals surface area contributed by atoms with Crippen LogP contribution in [0, 0.1) is 5.82 Å². The van der Waals surface area contributed by atoms with Gasteiger partial charge >= 0.3 is 142 Å². The van der Waals surface area contributed by atoms with Crippen molar-refractivity contribution in [2.24, 2.45) is 0 Å². The second kappa shape index (κ2) is 10.7. The summed E-state index contributed by atoms with van der Waals surface area (Å²) in [4.78, 5) is 0. The third-order valence-electron chi connectivity index (χ3n) is 5.37. The minimum absolute atomic E-state index is 0.104. The van der Waals surface area contributed by atoms with E-state index in [-0.39, 0.29) is 5.82 Å². The Morgan fingerprint density at radius 2 is 1.23 bits per heavy atom. The van der Waals surface area contributed by atoms with Gasteiger partial charge in [0.1, 0.15) is 0 Å². The fourth-order valence-electron chi connectivity index (χ4n) is 3.72. The summed E-state index contributed by atoms with van der Waals surface area (Å²) in [7, 11) is 0. The fraction of sp³-hybridized carbons (Fsp3) is 0.700. The second-order valence-electron chi connectivity index (χ2n) is 6.95. The van der Waals surface area contributed by atoms with Gasteiger partial charge in [0.25, 0.3) is 0 Å². The summed E-state index contributed by atoms with van der Waals surface area (Å²) in [6.45, 7) is 9.42. The Labute approximate surface area is 141 Å². The SMILES string of the molecule is CCC[CH2][Sn]([CH2]CCC)([CH2]CCC)[CH](C)c1ccc(F)cc1. The molecule has 0 bridgehead atoms. The molecular weight excluding hydrogens is 378 g/mol. The molecule has 1 aromatic carbocycles. The van der Waals surface area contributed by atoms with Crippen LogP contribution in [0.1, 0.15) is 75.7 Å². The number of unbranched alkanes of at least 4 members (excludes halogenated alkanes) is 3. The molecular formula is C20H35FSn. The van der Waals surface area contributed by atoms with E-state index in [0.29, 0.717) is 0 Å². The van der Waals surface area contributed by atoms with E-state index in [0.717, 1.165) is 3.93 Å². The van der Waals surface area contributed by atoms with Gasteiger partial charge in [-0.05, 0) is 0 Å². The van der Waals surface area contributed by atoms with Crippen LogP contribution < -0.4 is 0 Å². The van der Waals surface area contributed by atoms with E-state index in [9.17, 15) is 4.39 Å². The quantitative estimate of drug-likeness (QED) is 0.334. The minimum atomic E-state index is -2.23. The van der Waals surface area contributed by atoms with E-state index < -0.39 is 18.4 Å². The first-order valence-electron chi connectivity index (χ1n) is 9.35. The molecule has 0 aliphatic heterocycles. The number of rotatable bonds is 11. The van der Waals surface area contributed by atoms with Crippen molar-refractivity contribution in [2.45, 2.75) is 83.5 Å². The van der Waals surface area contributed by atoms with Crippen LogP contribution >= 0.6 is 0 Å². The predicted molar refractivity (Wildman–Crippen MR) is 99.7 cm³/mol. The molecule has 1 atom stereocenters. The molecule has 1 aromatic rings. The van der Waals surface area contributed by atoms with Crippen molar-refractivity contribution in [1.29, 1.82) is 0 Å². The fourth-order valence-corrected chi connectivity index (χ4v) is 21.2. The molecule has 0 saturated heterocycles. The maximum atomic E-state index is 13.3. The molecule has 1 rings (SSSR count). The van der Waals surface area contributed by atoms with E-state index in [4.69, 9.17) is 0 Å². The van der Waals surface area contributed by atoms with Crippen LogP contribution in [0.4, 0.5) is 4.39 Å². The van der Waals surface area contributed by atoms with Crippen LogP contribution in [-0.2, 0) is 0 Å². The summed E-state index contributed by atoms with van der Waals surface area (Å²) >= 11 is -2.23. The Bertz CT molecular complexity index is 377. The van der Waals surface area contributed by atoms with Crippen molar-refractivity contribution in [1.82, 2.24) is 0 Å². The van der Waals surface area contributed by atoms with Crippen molar-refractivity contribution in [3.05, 3.63) is 35.6 Å². The molecule has 0 saturated carbocycles. The molecule has 0 aliphatic carbocycles. The van der Waals surface area contributed by atoms with Crippen molar-refractivity contribution < 1.29 is 4.39 Å². The van der Waals surface area contributed by atoms with Gasteiger partial charge in [0, 0.05) is 0 Å². The molecule has 126 valence electrons. The van der Waals surface area contributed by atoms with E-state index in [2.05, 4.69) is 39.8 Å². The van der Waals surface area contributed by atoms with Gasteiger partial charge in [-0.25, -0.2) is 0 Å². The number of halogens is 1. The number of hydrogen-bond donors (Lipinski definition) is 0. The molecule has 0 aliphatic rings. The van der Waals surface area contributed by atoms with Gasteiger partial charge in [-0.3, -0.25) is 0 Å². The van der Waals surface area contributed by atoms with Gasteiger partial charge in [0.15, 0.2) is 0 Å². The molecule has 0 amide bonds. The average Bonchev–Trinajstić information content (AvgIpc) is 2.54. The molecule has 0 N–H and O–H groups in total. The van der Waals surface area contributed by atoms with Crippen molar-refractivity contribution in [3.8, 4) is 0 Å². The summed E-state index contributed by atoms with van der Waals surface area (Å²) < 4.78 is 18.5. The van der Waals surface area contributed by atoms with E-state index in [1.54, 1.807) is 12.1 Å². The zero-order valence-corrected chi connectivity index (χ0v) is 18.0. The first-order chi connectivity index (χ1) is 10.6. The van der Waals surface area contributed by atoms with Gasteiger partial charge in [-0.2, -0.15) is 0 Å². The summed E-state index contributed by atoms with van der Waals surface area (Å²) in [6, 6.07) is 7.41. The molecule has 0 fully saturated rings. The van der Waals surface area contributed by atoms with Crippen LogP contribution in [0.5, 0.6) is 0 Å². The molecule has 0 heterocycles. The summed E-state index contributed by atoms with van der Waals surface area (Å²) in [5, 5.41) is 0. The predicted octanol–water partition coefficient (Wildman–Crippen LogP) is 7.32. The standard InChI is InChI=1S/C8H8F.3C4H9.Sn/c1-2-7-3-5-8(9)6-4-7;3*1-3-4-2;/h2-6H,1H3;3*1,3-4H2,2H3;. The van der Waals surface area contributed by atoms with Gasteiger partial charge in [0.2, 0.25) is 0 Å². The first kappa shape index (κ1) is 20.0. The van der Waals surface area contributed by atoms with Gasteiger partial charge in [0.05, 0.1) is 0 Å². The molecule has 0 radical (unpaired) electrons. The third-order valence-corrected chi connectivity index (χ3v) is 23.1. The van der Waals surface area contributed by atoms with Crippen LogP contribution in [0.25, 0.3) is 0 Å². The molecule has 2 heteroatoms. The number of benzene rings is 1. The van der Waals surface area contributed by atoms with Gasteiger partial charge in [-0.1, -0.05) is 0 Å². The zero-order chi connectivity index (χ0) is 16.4. The molecule has 0 aromatic heterocycles. The van der Waals surface area contributed by atoms with Crippen molar-refractivity contribution in [3.63, 3.8) is 0 Å². The second-order valence-corrected chi connectivity index (χ2v) is 21.5. The van der Waals surface area contributed by atoms with E-state index in [1.807, 2.05) is 0 Å². The Kier molecular flexibility index (Phi) is 9.70. The van der Waals surface area contributed by atoms with Crippen LogP contribution in [0.15, 0.2) is 24.3 Å². The molecule has 0 nitrogen and oxygen atoms in total. The van der Waals surface area contributed by atoms with Gasteiger partial charge in [-0.15, -0.1) is 0 Å². The Morgan fingerprint density at radius 3 is 1.59 bits per heavy atom. The van der Waals surface area contributed by atoms with Crippen molar-refractivity contribution >= 4 is 18.4 Å². The average molecular weight is 413 g/mol. The molecule has 0 spiro atoms.